The van der Waals surface area contributed by atoms with Crippen LogP contribution >= 0.6 is 23.2 Å². The van der Waals surface area contributed by atoms with E-state index in [9.17, 15) is 22.7 Å². The van der Waals surface area contributed by atoms with Gasteiger partial charge in [-0.3, -0.25) is 4.79 Å². The molecule has 0 aromatic heterocycles. The van der Waals surface area contributed by atoms with E-state index in [2.05, 4.69) is 5.32 Å². The first-order valence-electron chi connectivity index (χ1n) is 12.2. The molecule has 3 aliphatic carbocycles. The minimum atomic E-state index is -3.69. The highest BCUT2D eigenvalue weighted by molar-refractivity contribution is 7.89. The van der Waals surface area contributed by atoms with Crippen LogP contribution < -0.4 is 5.32 Å². The molecule has 3 saturated carbocycles. The molecule has 4 rings (SSSR count). The molecule has 190 valence electrons. The van der Waals surface area contributed by atoms with Crippen molar-refractivity contribution in [1.29, 1.82) is 0 Å². The minimum absolute atomic E-state index is 0.0757. The van der Waals surface area contributed by atoms with Crippen LogP contribution in [-0.4, -0.2) is 83.4 Å². The Labute approximate surface area is 205 Å². The molecule has 0 spiro atoms. The molecular formula is C22H35Cl2FN2O5S. The normalized spacial score (nSPS) is 43.0. The van der Waals surface area contributed by atoms with Gasteiger partial charge in [0.25, 0.3) is 0 Å². The molecule has 4 fully saturated rings. The number of aliphatic hydroxyl groups excluding tert-OH is 1. The van der Waals surface area contributed by atoms with Gasteiger partial charge in [0.1, 0.15) is 6.17 Å². The van der Waals surface area contributed by atoms with E-state index in [0.29, 0.717) is 32.1 Å². The number of hydrogen-bond donors (Lipinski definition) is 2. The predicted octanol–water partition coefficient (Wildman–Crippen LogP) is 2.71. The fourth-order valence-electron chi connectivity index (χ4n) is 5.96. The number of aliphatic hydroxyl groups is 1. The number of amides is 1. The molecule has 0 bridgehead atoms. The van der Waals surface area contributed by atoms with Crippen molar-refractivity contribution >= 4 is 39.1 Å². The van der Waals surface area contributed by atoms with Crippen molar-refractivity contribution in [2.45, 2.75) is 111 Å². The number of halogens is 3. The Kier molecular flexibility index (Phi) is 8.49. The third kappa shape index (κ3) is 5.64. The smallest absolute Gasteiger partial charge is 0.226 e. The summed E-state index contributed by atoms with van der Waals surface area (Å²) in [6, 6.07) is -0.633. The van der Waals surface area contributed by atoms with Crippen molar-refractivity contribution in [2.24, 2.45) is 5.92 Å². The second-order valence-corrected chi connectivity index (χ2v) is 13.3. The lowest BCUT2D eigenvalue weighted by Gasteiger charge is -2.48. The van der Waals surface area contributed by atoms with Crippen molar-refractivity contribution in [1.82, 2.24) is 9.62 Å². The summed E-state index contributed by atoms with van der Waals surface area (Å²) in [7, 11) is -3.69. The molecule has 0 aromatic rings. The number of rotatable bonds is 5. The molecule has 1 heterocycles. The van der Waals surface area contributed by atoms with Gasteiger partial charge in [-0.1, -0.05) is 6.42 Å². The summed E-state index contributed by atoms with van der Waals surface area (Å²) in [4.78, 5) is 13.0. The Morgan fingerprint density at radius 1 is 1.06 bits per heavy atom. The van der Waals surface area contributed by atoms with E-state index in [4.69, 9.17) is 27.9 Å². The van der Waals surface area contributed by atoms with Gasteiger partial charge in [-0.25, -0.2) is 12.8 Å². The number of nitrogens with one attached hydrogen (secondary N) is 1. The van der Waals surface area contributed by atoms with E-state index in [1.807, 2.05) is 0 Å². The predicted molar refractivity (Wildman–Crippen MR) is 125 cm³/mol. The lowest BCUT2D eigenvalue weighted by atomic mass is 9.84. The summed E-state index contributed by atoms with van der Waals surface area (Å²) < 4.78 is 48.3. The van der Waals surface area contributed by atoms with Gasteiger partial charge in [0.2, 0.25) is 15.9 Å². The van der Waals surface area contributed by atoms with Gasteiger partial charge in [-0.15, -0.1) is 23.2 Å². The van der Waals surface area contributed by atoms with Crippen LogP contribution in [0.2, 0.25) is 0 Å². The standard InChI is InChI=1S/C22H35Cl2FN2O5S/c23-17-2-1-3-18(24)21(17)22(29)26-14-6-9-20-19(10-14)27(11-15(12-28)32-20)33(30,31)16-7-4-13(25)5-8-16/h13-21,28H,1-12H2,(H,26,29)/t13?,14?,15-,16?,17?,18?,19?,20?,21?/m0/s1. The highest BCUT2D eigenvalue weighted by atomic mass is 35.5. The van der Waals surface area contributed by atoms with E-state index in [1.165, 1.54) is 4.31 Å². The van der Waals surface area contributed by atoms with Crippen LogP contribution in [0.15, 0.2) is 0 Å². The first kappa shape index (κ1) is 25.9. The van der Waals surface area contributed by atoms with Crippen LogP contribution in [0.4, 0.5) is 4.39 Å². The van der Waals surface area contributed by atoms with Crippen LogP contribution in [0.1, 0.15) is 64.2 Å². The van der Waals surface area contributed by atoms with E-state index in [-0.39, 0.29) is 54.8 Å². The van der Waals surface area contributed by atoms with E-state index < -0.39 is 39.5 Å². The number of morpholine rings is 1. The van der Waals surface area contributed by atoms with Crippen molar-refractivity contribution in [2.75, 3.05) is 13.2 Å². The molecule has 5 unspecified atom stereocenters. The first-order valence-corrected chi connectivity index (χ1v) is 14.6. The molecule has 0 aromatic carbocycles. The highest BCUT2D eigenvalue weighted by Crippen LogP contribution is 2.37. The maximum atomic E-state index is 13.6. The molecule has 11 heteroatoms. The quantitative estimate of drug-likeness (QED) is 0.534. The summed E-state index contributed by atoms with van der Waals surface area (Å²) in [5.41, 5.74) is 0. The molecule has 1 aliphatic heterocycles. The second kappa shape index (κ2) is 10.8. The highest BCUT2D eigenvalue weighted by Gasteiger charge is 2.48. The zero-order valence-electron chi connectivity index (χ0n) is 18.8. The molecule has 7 nitrogen and oxygen atoms in total. The second-order valence-electron chi connectivity index (χ2n) is 10.0. The lowest BCUT2D eigenvalue weighted by molar-refractivity contribution is -0.133. The van der Waals surface area contributed by atoms with E-state index >= 15 is 0 Å². The van der Waals surface area contributed by atoms with Crippen molar-refractivity contribution in [3.05, 3.63) is 0 Å². The minimum Gasteiger partial charge on any atom is -0.394 e. The number of carbonyl (C=O) groups is 1. The summed E-state index contributed by atoms with van der Waals surface area (Å²) in [6.07, 6.45) is 3.32. The Morgan fingerprint density at radius 3 is 2.36 bits per heavy atom. The number of ether oxygens (including phenoxy) is 1. The van der Waals surface area contributed by atoms with Crippen LogP contribution in [0.3, 0.4) is 0 Å². The summed E-state index contributed by atoms with van der Waals surface area (Å²) >= 11 is 12.8. The lowest BCUT2D eigenvalue weighted by Crippen LogP contribution is -2.63. The third-order valence-electron chi connectivity index (χ3n) is 7.82. The molecule has 6 atom stereocenters. The fourth-order valence-corrected chi connectivity index (χ4v) is 9.15. The van der Waals surface area contributed by atoms with Gasteiger partial charge in [0.15, 0.2) is 0 Å². The molecular weight excluding hydrogens is 494 g/mol. The van der Waals surface area contributed by atoms with Crippen molar-refractivity contribution < 1.29 is 27.4 Å². The van der Waals surface area contributed by atoms with Crippen LogP contribution in [-0.2, 0) is 19.6 Å². The molecule has 1 saturated heterocycles. The Bertz CT molecular complexity index is 788. The Hall–Kier alpha value is -0.190. The van der Waals surface area contributed by atoms with Gasteiger partial charge >= 0.3 is 0 Å². The number of hydrogen-bond acceptors (Lipinski definition) is 5. The van der Waals surface area contributed by atoms with Gasteiger partial charge in [0.05, 0.1) is 36.0 Å². The fraction of sp³-hybridized carbons (Fsp3) is 0.955. The van der Waals surface area contributed by atoms with Crippen molar-refractivity contribution in [3.8, 4) is 0 Å². The van der Waals surface area contributed by atoms with Gasteiger partial charge < -0.3 is 15.2 Å². The van der Waals surface area contributed by atoms with Gasteiger partial charge in [-0.05, 0) is 57.8 Å². The zero-order valence-corrected chi connectivity index (χ0v) is 21.1. The summed E-state index contributed by atoms with van der Waals surface area (Å²) in [5.74, 6) is -0.629. The molecule has 0 radical (unpaired) electrons. The SMILES string of the molecule is O=C(NC1CCC2O[C@H](CO)CN(S(=O)(=O)C3CCC(F)CC3)C2C1)C1C(Cl)CCCC1Cl. The average molecular weight is 530 g/mol. The Morgan fingerprint density at radius 2 is 1.73 bits per heavy atom. The zero-order chi connectivity index (χ0) is 23.8. The molecule has 2 N–H and O–H groups in total. The molecule has 1 amide bonds. The maximum Gasteiger partial charge on any atom is 0.226 e. The van der Waals surface area contributed by atoms with Crippen LogP contribution in [0.5, 0.6) is 0 Å². The number of carbonyl (C=O) groups excluding carboxylic acids is 1. The number of sulfonamides is 1. The number of nitrogens with zero attached hydrogens (tertiary/aromatic N) is 1. The molecule has 33 heavy (non-hydrogen) atoms. The van der Waals surface area contributed by atoms with Crippen LogP contribution in [0, 0.1) is 5.92 Å². The molecule has 4 aliphatic rings. The topological polar surface area (TPSA) is 95.9 Å². The van der Waals surface area contributed by atoms with Crippen molar-refractivity contribution in [3.63, 3.8) is 0 Å². The Balaban J connectivity index is 1.47. The number of fused-ring (bicyclic) bond motifs is 1. The van der Waals surface area contributed by atoms with E-state index in [1.54, 1.807) is 0 Å². The van der Waals surface area contributed by atoms with E-state index in [0.717, 1.165) is 19.3 Å². The maximum absolute atomic E-state index is 13.6. The van der Waals surface area contributed by atoms with Gasteiger partial charge in [0, 0.05) is 23.3 Å². The number of alkyl halides is 3. The summed E-state index contributed by atoms with van der Waals surface area (Å²) in [6.45, 7) is -0.186. The van der Waals surface area contributed by atoms with Crippen LogP contribution in [0.25, 0.3) is 0 Å². The summed E-state index contributed by atoms with van der Waals surface area (Å²) in [5, 5.41) is 11.6. The monoisotopic (exact) mass is 528 g/mol. The average Bonchev–Trinajstić information content (AvgIpc) is 2.78. The third-order valence-corrected chi connectivity index (χ3v) is 11.2. The van der Waals surface area contributed by atoms with Gasteiger partial charge in [-0.2, -0.15) is 4.31 Å². The largest absolute Gasteiger partial charge is 0.394 e. The first-order chi connectivity index (χ1) is 15.7.